The molecule has 0 saturated heterocycles. The molecule has 0 fully saturated rings. The fourth-order valence-corrected chi connectivity index (χ4v) is 3.01. The van der Waals surface area contributed by atoms with Crippen LogP contribution >= 0.6 is 12.6 Å². The second-order valence-corrected chi connectivity index (χ2v) is 8.06. The number of guanidine groups is 1. The Hall–Kier alpha value is -3.60. The lowest BCUT2D eigenvalue weighted by atomic mass is 10.1. The lowest BCUT2D eigenvalue weighted by molar-refractivity contribution is -0.143. The van der Waals surface area contributed by atoms with E-state index in [1.165, 1.54) is 0 Å². The van der Waals surface area contributed by atoms with E-state index in [4.69, 9.17) is 28.0 Å². The fourth-order valence-electron chi connectivity index (χ4n) is 2.75. The molecule has 0 aromatic heterocycles. The third kappa shape index (κ3) is 14.0. The number of amides is 4. The van der Waals surface area contributed by atoms with Gasteiger partial charge >= 0.3 is 11.9 Å². The molecule has 16 nitrogen and oxygen atoms in total. The number of hydrogen-bond donors (Lipinski definition) is 10. The summed E-state index contributed by atoms with van der Waals surface area (Å²) in [6.07, 6.45) is -0.954. The van der Waals surface area contributed by atoms with Crippen molar-refractivity contribution in [2.45, 2.75) is 62.7 Å². The van der Waals surface area contributed by atoms with Gasteiger partial charge in [0.15, 0.2) is 5.96 Å². The van der Waals surface area contributed by atoms with Crippen LogP contribution in [0.3, 0.4) is 0 Å². The van der Waals surface area contributed by atoms with Gasteiger partial charge in [-0.15, -0.1) is 0 Å². The minimum atomic E-state index is -1.56. The number of hydrogen-bond acceptors (Lipinski definition) is 9. The number of nitrogens with two attached hydrogens (primary N) is 4. The fraction of sp³-hybridized carbons (Fsp3) is 0.632. The van der Waals surface area contributed by atoms with Crippen molar-refractivity contribution in [1.29, 1.82) is 0 Å². The molecule has 4 atom stereocenters. The van der Waals surface area contributed by atoms with E-state index in [0.29, 0.717) is 6.42 Å². The average Bonchev–Trinajstić information content (AvgIpc) is 2.79. The number of rotatable bonds is 18. The SMILES string of the molecule is NC(=O)CCC(NC(=O)C(CS)NC(=O)C(N)CCCN=C(N)N)C(=O)NC(CCC(=O)O)C(=O)O. The standard InChI is InChI=1S/C19H34N8O8S/c20-9(2-1-7-24-19(22)23)15(31)27-12(8-36)17(33)25-10(3-5-13(21)28)16(32)26-11(18(34)35)4-6-14(29)30/h9-12,36H,1-8,20H2,(H2,21,28)(H,25,33)(H,26,32)(H,27,31)(H,29,30)(H,34,35)(H4,22,23,24). The van der Waals surface area contributed by atoms with E-state index in [9.17, 15) is 33.9 Å². The van der Waals surface area contributed by atoms with Gasteiger partial charge in [0.2, 0.25) is 23.6 Å². The highest BCUT2D eigenvalue weighted by atomic mass is 32.1. The van der Waals surface area contributed by atoms with Gasteiger partial charge in [-0.05, 0) is 25.7 Å². The lowest BCUT2D eigenvalue weighted by Crippen LogP contribution is -2.57. The number of nitrogens with one attached hydrogen (secondary N) is 3. The molecular weight excluding hydrogens is 500 g/mol. The summed E-state index contributed by atoms with van der Waals surface area (Å²) in [5.74, 6) is -6.34. The molecule has 0 aliphatic heterocycles. The minimum Gasteiger partial charge on any atom is -0.481 e. The molecule has 204 valence electrons. The van der Waals surface area contributed by atoms with Crippen LogP contribution in [0.4, 0.5) is 0 Å². The van der Waals surface area contributed by atoms with Crippen molar-refractivity contribution in [3.63, 3.8) is 0 Å². The number of carbonyl (C=O) groups is 6. The molecule has 13 N–H and O–H groups in total. The van der Waals surface area contributed by atoms with Crippen LogP contribution in [0, 0.1) is 0 Å². The van der Waals surface area contributed by atoms with Crippen LogP contribution in [-0.2, 0) is 28.8 Å². The zero-order chi connectivity index (χ0) is 27.8. The molecule has 4 amide bonds. The molecule has 4 unspecified atom stereocenters. The number of carboxylic acid groups (broad SMARTS) is 2. The molecule has 0 aromatic rings. The first-order valence-electron chi connectivity index (χ1n) is 10.8. The Morgan fingerprint density at radius 2 is 1.31 bits per heavy atom. The Balaban J connectivity index is 5.25. The van der Waals surface area contributed by atoms with E-state index in [1.54, 1.807) is 0 Å². The molecule has 0 aliphatic carbocycles. The van der Waals surface area contributed by atoms with Crippen LogP contribution in [-0.4, -0.2) is 88.2 Å². The van der Waals surface area contributed by atoms with E-state index >= 15 is 0 Å². The van der Waals surface area contributed by atoms with Crippen molar-refractivity contribution < 1.29 is 39.0 Å². The monoisotopic (exact) mass is 534 g/mol. The quantitative estimate of drug-likeness (QED) is 0.0349. The molecule has 0 saturated carbocycles. The minimum absolute atomic E-state index is 0.105. The third-order valence-corrected chi connectivity index (χ3v) is 5.06. The van der Waals surface area contributed by atoms with Crippen LogP contribution in [0.15, 0.2) is 4.99 Å². The molecule has 0 bridgehead atoms. The number of carbonyl (C=O) groups excluding carboxylic acids is 4. The van der Waals surface area contributed by atoms with Gasteiger partial charge in [-0.1, -0.05) is 0 Å². The first-order chi connectivity index (χ1) is 16.8. The summed E-state index contributed by atoms with van der Waals surface area (Å²) in [5, 5.41) is 24.8. The number of carboxylic acids is 2. The Bertz CT molecular complexity index is 836. The molecule has 17 heteroatoms. The van der Waals surface area contributed by atoms with Crippen molar-refractivity contribution >= 4 is 54.2 Å². The van der Waals surface area contributed by atoms with E-state index in [1.807, 2.05) is 0 Å². The summed E-state index contributed by atoms with van der Waals surface area (Å²) in [5.41, 5.74) is 21.3. The maximum Gasteiger partial charge on any atom is 0.326 e. The van der Waals surface area contributed by atoms with Gasteiger partial charge in [0, 0.05) is 25.1 Å². The van der Waals surface area contributed by atoms with E-state index < -0.39 is 72.6 Å². The maximum atomic E-state index is 12.7. The van der Waals surface area contributed by atoms with Gasteiger partial charge in [0.25, 0.3) is 0 Å². The predicted octanol–water partition coefficient (Wildman–Crippen LogP) is -4.03. The van der Waals surface area contributed by atoms with Crippen LogP contribution in [0.5, 0.6) is 0 Å². The molecule has 0 aromatic carbocycles. The number of nitrogens with zero attached hydrogens (tertiary/aromatic N) is 1. The highest BCUT2D eigenvalue weighted by Crippen LogP contribution is 2.04. The Labute approximate surface area is 212 Å². The second-order valence-electron chi connectivity index (χ2n) is 7.70. The predicted molar refractivity (Wildman–Crippen MR) is 130 cm³/mol. The highest BCUT2D eigenvalue weighted by Gasteiger charge is 2.30. The van der Waals surface area contributed by atoms with Gasteiger partial charge < -0.3 is 49.1 Å². The molecule has 0 rings (SSSR count). The smallest absolute Gasteiger partial charge is 0.326 e. The summed E-state index contributed by atoms with van der Waals surface area (Å²) < 4.78 is 0. The first-order valence-corrected chi connectivity index (χ1v) is 11.5. The van der Waals surface area contributed by atoms with Crippen molar-refractivity contribution in [2.24, 2.45) is 27.9 Å². The zero-order valence-corrected chi connectivity index (χ0v) is 20.4. The van der Waals surface area contributed by atoms with Gasteiger partial charge in [-0.2, -0.15) is 12.6 Å². The van der Waals surface area contributed by atoms with Crippen LogP contribution in [0.25, 0.3) is 0 Å². The Morgan fingerprint density at radius 1 is 0.778 bits per heavy atom. The Morgan fingerprint density at radius 3 is 1.81 bits per heavy atom. The van der Waals surface area contributed by atoms with Gasteiger partial charge in [0.05, 0.1) is 6.04 Å². The third-order valence-electron chi connectivity index (χ3n) is 4.69. The zero-order valence-electron chi connectivity index (χ0n) is 19.5. The number of thiol groups is 1. The van der Waals surface area contributed by atoms with Crippen molar-refractivity contribution in [3.8, 4) is 0 Å². The molecular formula is C19H34N8O8S. The highest BCUT2D eigenvalue weighted by molar-refractivity contribution is 7.80. The number of aliphatic imine (C=N–C) groups is 1. The topological polar surface area (TPSA) is 295 Å². The van der Waals surface area contributed by atoms with Crippen molar-refractivity contribution in [3.05, 3.63) is 0 Å². The van der Waals surface area contributed by atoms with Gasteiger partial charge in [0.1, 0.15) is 18.1 Å². The molecule has 0 aliphatic rings. The summed E-state index contributed by atoms with van der Waals surface area (Å²) in [6.45, 7) is 0.250. The number of aliphatic carboxylic acids is 2. The number of primary amides is 1. The largest absolute Gasteiger partial charge is 0.481 e. The first kappa shape index (κ1) is 32.4. The van der Waals surface area contributed by atoms with Crippen molar-refractivity contribution in [1.82, 2.24) is 16.0 Å². The second kappa shape index (κ2) is 16.9. The summed E-state index contributed by atoms with van der Waals surface area (Å²) in [6, 6.07) is -5.19. The lowest BCUT2D eigenvalue weighted by Gasteiger charge is -2.24. The molecule has 0 spiro atoms. The maximum absolute atomic E-state index is 12.7. The van der Waals surface area contributed by atoms with Crippen LogP contribution < -0.4 is 38.9 Å². The summed E-state index contributed by atoms with van der Waals surface area (Å²) in [4.78, 5) is 74.7. The van der Waals surface area contributed by atoms with E-state index in [2.05, 4.69) is 33.6 Å². The molecule has 36 heavy (non-hydrogen) atoms. The van der Waals surface area contributed by atoms with Crippen LogP contribution in [0.1, 0.15) is 38.5 Å². The molecule has 0 radical (unpaired) electrons. The van der Waals surface area contributed by atoms with Gasteiger partial charge in [-0.25, -0.2) is 4.79 Å². The van der Waals surface area contributed by atoms with E-state index in [-0.39, 0.29) is 37.5 Å². The Kier molecular flexibility index (Phi) is 15.2. The summed E-state index contributed by atoms with van der Waals surface area (Å²) in [7, 11) is 0. The van der Waals surface area contributed by atoms with Crippen molar-refractivity contribution in [2.75, 3.05) is 12.3 Å². The summed E-state index contributed by atoms with van der Waals surface area (Å²) >= 11 is 4.02. The average molecular weight is 535 g/mol. The van der Waals surface area contributed by atoms with E-state index in [0.717, 1.165) is 0 Å². The normalized spacial score (nSPS) is 13.8. The van der Waals surface area contributed by atoms with Crippen LogP contribution in [0.2, 0.25) is 0 Å². The molecule has 0 heterocycles. The van der Waals surface area contributed by atoms with Gasteiger partial charge in [-0.3, -0.25) is 29.0 Å².